The molecule has 0 aromatic carbocycles. The second kappa shape index (κ2) is 4.08. The minimum Gasteiger partial charge on any atom is -0.477 e. The number of rotatable bonds is 2. The molecule has 1 N–H and O–H groups in total. The molecular weight excluding hydrogens is 230 g/mol. The molecule has 5 heteroatoms. The summed E-state index contributed by atoms with van der Waals surface area (Å²) in [5.41, 5.74) is 2.59. The van der Waals surface area contributed by atoms with Gasteiger partial charge < -0.3 is 5.11 Å². The molecule has 0 spiro atoms. The number of aromatic nitrogens is 3. The molecule has 5 nitrogen and oxygen atoms in total. The van der Waals surface area contributed by atoms with Crippen LogP contribution in [0.5, 0.6) is 0 Å². The van der Waals surface area contributed by atoms with Crippen LogP contribution < -0.4 is 0 Å². The van der Waals surface area contributed by atoms with Gasteiger partial charge in [0, 0.05) is 17.3 Å². The highest BCUT2D eigenvalue weighted by Crippen LogP contribution is 2.34. The van der Waals surface area contributed by atoms with Gasteiger partial charge in [-0.25, -0.2) is 14.3 Å². The lowest BCUT2D eigenvalue weighted by atomic mass is 10.0. The molecule has 2 heterocycles. The third-order valence-electron chi connectivity index (χ3n) is 3.63. The fourth-order valence-corrected chi connectivity index (χ4v) is 2.78. The number of hydrogen-bond acceptors (Lipinski definition) is 3. The number of nitrogens with zero attached hydrogens (tertiary/aromatic N) is 3. The van der Waals surface area contributed by atoms with Gasteiger partial charge in [0.1, 0.15) is 5.56 Å². The molecule has 1 aliphatic rings. The van der Waals surface area contributed by atoms with Gasteiger partial charge in [-0.2, -0.15) is 5.10 Å². The molecule has 3 rings (SSSR count). The lowest BCUT2D eigenvalue weighted by Gasteiger charge is -2.12. The third kappa shape index (κ3) is 1.66. The molecule has 0 aliphatic heterocycles. The fourth-order valence-electron chi connectivity index (χ4n) is 2.78. The molecule has 2 aromatic rings. The molecule has 1 fully saturated rings. The fraction of sp³-hybridized carbons (Fsp3) is 0.462. The van der Waals surface area contributed by atoms with Crippen molar-refractivity contribution < 1.29 is 9.90 Å². The first-order valence-corrected chi connectivity index (χ1v) is 6.25. The Bertz CT molecular complexity index is 612. The first-order valence-electron chi connectivity index (χ1n) is 6.25. The standard InChI is InChI=1S/C13H15N3O2/c1-8-6-11(9-4-2-3-5-9)16-12(15-8)10(7-14-16)13(17)18/h6-7,9H,2-5H2,1H3,(H,17,18). The van der Waals surface area contributed by atoms with E-state index in [9.17, 15) is 4.79 Å². The number of carboxylic acids is 1. The molecule has 18 heavy (non-hydrogen) atoms. The van der Waals surface area contributed by atoms with Crippen LogP contribution in [0.2, 0.25) is 0 Å². The van der Waals surface area contributed by atoms with Crippen molar-refractivity contribution in [3.8, 4) is 0 Å². The van der Waals surface area contributed by atoms with E-state index in [1.54, 1.807) is 4.52 Å². The van der Waals surface area contributed by atoms with Crippen molar-refractivity contribution in [2.45, 2.75) is 38.5 Å². The topological polar surface area (TPSA) is 67.5 Å². The van der Waals surface area contributed by atoms with Crippen LogP contribution in [0.1, 0.15) is 53.3 Å². The third-order valence-corrected chi connectivity index (χ3v) is 3.63. The zero-order chi connectivity index (χ0) is 12.7. The van der Waals surface area contributed by atoms with Crippen molar-refractivity contribution in [1.82, 2.24) is 14.6 Å². The Morgan fingerprint density at radius 3 is 2.83 bits per heavy atom. The van der Waals surface area contributed by atoms with Gasteiger partial charge in [-0.1, -0.05) is 12.8 Å². The van der Waals surface area contributed by atoms with E-state index in [0.29, 0.717) is 11.6 Å². The maximum Gasteiger partial charge on any atom is 0.341 e. The Kier molecular flexibility index (Phi) is 2.54. The minimum absolute atomic E-state index is 0.179. The molecule has 94 valence electrons. The molecule has 2 aromatic heterocycles. The van der Waals surface area contributed by atoms with Gasteiger partial charge in [0.25, 0.3) is 0 Å². The minimum atomic E-state index is -0.972. The zero-order valence-corrected chi connectivity index (χ0v) is 10.3. The number of aromatic carboxylic acids is 1. The van der Waals surface area contributed by atoms with Gasteiger partial charge in [-0.15, -0.1) is 0 Å². The maximum absolute atomic E-state index is 11.1. The Hall–Kier alpha value is -1.91. The number of hydrogen-bond donors (Lipinski definition) is 1. The van der Waals surface area contributed by atoms with Gasteiger partial charge in [0.2, 0.25) is 0 Å². The van der Waals surface area contributed by atoms with Crippen LogP contribution in [0.15, 0.2) is 12.3 Å². The van der Waals surface area contributed by atoms with E-state index in [1.165, 1.54) is 19.0 Å². The van der Waals surface area contributed by atoms with Gasteiger partial charge in [-0.3, -0.25) is 0 Å². The smallest absolute Gasteiger partial charge is 0.341 e. The van der Waals surface area contributed by atoms with Crippen molar-refractivity contribution in [1.29, 1.82) is 0 Å². The maximum atomic E-state index is 11.1. The van der Waals surface area contributed by atoms with Crippen molar-refractivity contribution in [2.24, 2.45) is 0 Å². The Morgan fingerprint density at radius 1 is 1.44 bits per heavy atom. The molecular formula is C13H15N3O2. The molecule has 0 saturated heterocycles. The molecule has 0 radical (unpaired) electrons. The summed E-state index contributed by atoms with van der Waals surface area (Å²) in [5, 5.41) is 13.3. The highest BCUT2D eigenvalue weighted by Gasteiger charge is 2.23. The number of carboxylic acid groups (broad SMARTS) is 1. The second-order valence-electron chi connectivity index (χ2n) is 4.90. The van der Waals surface area contributed by atoms with E-state index >= 15 is 0 Å². The van der Waals surface area contributed by atoms with Crippen LogP contribution in [0.3, 0.4) is 0 Å². The average molecular weight is 245 g/mol. The van der Waals surface area contributed by atoms with E-state index < -0.39 is 5.97 Å². The average Bonchev–Trinajstić information content (AvgIpc) is 2.96. The summed E-state index contributed by atoms with van der Waals surface area (Å²) in [4.78, 5) is 15.4. The largest absolute Gasteiger partial charge is 0.477 e. The van der Waals surface area contributed by atoms with Crippen LogP contribution in [0.25, 0.3) is 5.65 Å². The molecule has 1 aliphatic carbocycles. The Labute approximate surface area is 104 Å². The van der Waals surface area contributed by atoms with E-state index in [1.807, 2.05) is 13.0 Å². The van der Waals surface area contributed by atoms with Crippen LogP contribution in [0.4, 0.5) is 0 Å². The van der Waals surface area contributed by atoms with Gasteiger partial charge >= 0.3 is 5.97 Å². The van der Waals surface area contributed by atoms with E-state index in [4.69, 9.17) is 5.11 Å². The second-order valence-corrected chi connectivity index (χ2v) is 4.90. The summed E-state index contributed by atoms with van der Waals surface area (Å²) in [6.45, 7) is 1.90. The summed E-state index contributed by atoms with van der Waals surface area (Å²) in [5.74, 6) is -0.490. The number of aryl methyl sites for hydroxylation is 1. The Balaban J connectivity index is 2.22. The van der Waals surface area contributed by atoms with Gasteiger partial charge in [0.05, 0.1) is 6.20 Å². The summed E-state index contributed by atoms with van der Waals surface area (Å²) >= 11 is 0. The predicted molar refractivity (Wildman–Crippen MR) is 65.9 cm³/mol. The number of carbonyl (C=O) groups is 1. The lowest BCUT2D eigenvalue weighted by molar-refractivity contribution is 0.0699. The first-order chi connectivity index (χ1) is 8.66. The predicted octanol–water partition coefficient (Wildman–Crippen LogP) is 2.39. The van der Waals surface area contributed by atoms with E-state index in [2.05, 4.69) is 10.1 Å². The molecule has 0 unspecified atom stereocenters. The summed E-state index contributed by atoms with van der Waals surface area (Å²) in [6.07, 6.45) is 6.17. The van der Waals surface area contributed by atoms with Gasteiger partial charge in [-0.05, 0) is 25.8 Å². The first kappa shape index (κ1) is 11.2. The quantitative estimate of drug-likeness (QED) is 0.882. The SMILES string of the molecule is Cc1cc(C2CCCC2)n2ncc(C(=O)O)c2n1. The number of fused-ring (bicyclic) bond motifs is 1. The van der Waals surface area contributed by atoms with E-state index in [-0.39, 0.29) is 5.56 Å². The zero-order valence-electron chi connectivity index (χ0n) is 10.3. The van der Waals surface area contributed by atoms with Crippen molar-refractivity contribution in [3.05, 3.63) is 29.2 Å². The lowest BCUT2D eigenvalue weighted by Crippen LogP contribution is -2.07. The van der Waals surface area contributed by atoms with Gasteiger partial charge in [0.15, 0.2) is 5.65 Å². The van der Waals surface area contributed by atoms with E-state index in [0.717, 1.165) is 24.2 Å². The van der Waals surface area contributed by atoms with Crippen LogP contribution in [0, 0.1) is 6.92 Å². The monoisotopic (exact) mass is 245 g/mol. The summed E-state index contributed by atoms with van der Waals surface area (Å²) in [7, 11) is 0. The highest BCUT2D eigenvalue weighted by atomic mass is 16.4. The summed E-state index contributed by atoms with van der Waals surface area (Å²) in [6, 6.07) is 2.03. The highest BCUT2D eigenvalue weighted by molar-refractivity contribution is 5.94. The summed E-state index contributed by atoms with van der Waals surface area (Å²) < 4.78 is 1.70. The van der Waals surface area contributed by atoms with Crippen LogP contribution >= 0.6 is 0 Å². The van der Waals surface area contributed by atoms with Crippen molar-refractivity contribution in [3.63, 3.8) is 0 Å². The molecule has 0 bridgehead atoms. The van der Waals surface area contributed by atoms with Crippen molar-refractivity contribution >= 4 is 11.6 Å². The molecule has 0 atom stereocenters. The normalized spacial score (nSPS) is 16.5. The van der Waals surface area contributed by atoms with Crippen LogP contribution in [-0.2, 0) is 0 Å². The van der Waals surface area contributed by atoms with Crippen LogP contribution in [-0.4, -0.2) is 25.7 Å². The Morgan fingerprint density at radius 2 is 2.17 bits per heavy atom. The molecule has 1 saturated carbocycles. The molecule has 0 amide bonds. The van der Waals surface area contributed by atoms with Crippen molar-refractivity contribution in [2.75, 3.05) is 0 Å².